The topological polar surface area (TPSA) is 84.9 Å². The van der Waals surface area contributed by atoms with Crippen LogP contribution in [0, 0.1) is 13.8 Å². The number of nitrogens with one attached hydrogen (secondary N) is 1. The molecule has 1 N–H and O–H groups in total. The number of urea groups is 1. The maximum Gasteiger partial charge on any atom is 0.335 e. The van der Waals surface area contributed by atoms with Crippen molar-refractivity contribution in [3.05, 3.63) is 58.7 Å². The zero-order valence-electron chi connectivity index (χ0n) is 16.0. The number of amides is 4. The Balaban J connectivity index is 2.09. The van der Waals surface area contributed by atoms with Crippen LogP contribution in [0.1, 0.15) is 16.7 Å². The van der Waals surface area contributed by atoms with Crippen molar-refractivity contribution < 1.29 is 23.9 Å². The minimum absolute atomic E-state index is 0.175. The average Bonchev–Trinajstić information content (AvgIpc) is 2.66. The van der Waals surface area contributed by atoms with Crippen molar-refractivity contribution in [2.75, 3.05) is 19.1 Å². The molecule has 0 bridgehead atoms. The second kappa shape index (κ2) is 7.56. The number of methoxy groups -OCH3 is 2. The molecule has 0 radical (unpaired) electrons. The summed E-state index contributed by atoms with van der Waals surface area (Å²) >= 11 is 0. The predicted molar refractivity (Wildman–Crippen MR) is 104 cm³/mol. The van der Waals surface area contributed by atoms with Gasteiger partial charge in [-0.2, -0.15) is 0 Å². The smallest absolute Gasteiger partial charge is 0.335 e. The van der Waals surface area contributed by atoms with Crippen LogP contribution >= 0.6 is 0 Å². The van der Waals surface area contributed by atoms with Crippen LogP contribution in [-0.2, 0) is 9.59 Å². The molecule has 0 atom stereocenters. The highest BCUT2D eigenvalue weighted by Gasteiger charge is 2.37. The second-order valence-corrected chi connectivity index (χ2v) is 6.36. The van der Waals surface area contributed by atoms with Gasteiger partial charge in [0.1, 0.15) is 17.1 Å². The van der Waals surface area contributed by atoms with E-state index in [2.05, 4.69) is 5.32 Å². The summed E-state index contributed by atoms with van der Waals surface area (Å²) in [6.45, 7) is 3.71. The van der Waals surface area contributed by atoms with Crippen LogP contribution in [0.5, 0.6) is 11.5 Å². The first-order chi connectivity index (χ1) is 13.3. The van der Waals surface area contributed by atoms with Crippen molar-refractivity contribution in [2.24, 2.45) is 0 Å². The van der Waals surface area contributed by atoms with Gasteiger partial charge in [0.2, 0.25) is 0 Å². The van der Waals surface area contributed by atoms with Crippen molar-refractivity contribution >= 4 is 29.6 Å². The standard InChI is InChI=1S/C21H20N2O5/c1-12-5-7-17(13(2)9-12)23-20(25)16(19(24)22-21(23)26)11-14-10-15(27-3)6-8-18(14)28-4/h5-11H,1-4H3,(H,22,24,26). The normalized spacial score (nSPS) is 15.6. The van der Waals surface area contributed by atoms with E-state index < -0.39 is 17.8 Å². The number of carbonyl (C=O) groups excluding carboxylic acids is 3. The van der Waals surface area contributed by atoms with Crippen LogP contribution in [0.4, 0.5) is 10.5 Å². The van der Waals surface area contributed by atoms with Gasteiger partial charge in [-0.25, -0.2) is 9.69 Å². The number of barbiturate groups is 1. The van der Waals surface area contributed by atoms with Gasteiger partial charge in [0.15, 0.2) is 0 Å². The number of anilines is 1. The van der Waals surface area contributed by atoms with Crippen LogP contribution in [0.15, 0.2) is 42.0 Å². The van der Waals surface area contributed by atoms with E-state index in [4.69, 9.17) is 9.47 Å². The summed E-state index contributed by atoms with van der Waals surface area (Å²) in [5.41, 5.74) is 2.47. The van der Waals surface area contributed by atoms with Crippen molar-refractivity contribution in [1.82, 2.24) is 5.32 Å². The lowest BCUT2D eigenvalue weighted by molar-refractivity contribution is -0.122. The fraction of sp³-hybridized carbons (Fsp3) is 0.190. The van der Waals surface area contributed by atoms with E-state index >= 15 is 0 Å². The first-order valence-corrected chi connectivity index (χ1v) is 8.56. The van der Waals surface area contributed by atoms with Gasteiger partial charge in [-0.05, 0) is 49.8 Å². The van der Waals surface area contributed by atoms with E-state index in [-0.39, 0.29) is 5.57 Å². The molecule has 1 saturated heterocycles. The number of ether oxygens (including phenoxy) is 2. The maximum atomic E-state index is 13.0. The fourth-order valence-electron chi connectivity index (χ4n) is 3.04. The number of aryl methyl sites for hydroxylation is 2. The third-order valence-corrected chi connectivity index (χ3v) is 4.43. The van der Waals surface area contributed by atoms with E-state index in [0.717, 1.165) is 16.0 Å². The van der Waals surface area contributed by atoms with Gasteiger partial charge in [-0.15, -0.1) is 0 Å². The lowest BCUT2D eigenvalue weighted by Gasteiger charge is -2.27. The molecule has 1 fully saturated rings. The lowest BCUT2D eigenvalue weighted by Crippen LogP contribution is -2.54. The van der Waals surface area contributed by atoms with E-state index in [0.29, 0.717) is 22.7 Å². The molecule has 1 aliphatic rings. The summed E-state index contributed by atoms with van der Waals surface area (Å²) < 4.78 is 10.5. The molecule has 7 heteroatoms. The van der Waals surface area contributed by atoms with Gasteiger partial charge < -0.3 is 9.47 Å². The Labute approximate surface area is 162 Å². The summed E-state index contributed by atoms with van der Waals surface area (Å²) in [6, 6.07) is 9.58. The summed E-state index contributed by atoms with van der Waals surface area (Å²) in [6.07, 6.45) is 1.39. The monoisotopic (exact) mass is 380 g/mol. The van der Waals surface area contributed by atoms with Gasteiger partial charge in [-0.1, -0.05) is 17.7 Å². The molecular formula is C21H20N2O5. The lowest BCUT2D eigenvalue weighted by atomic mass is 10.0. The number of hydrogen-bond acceptors (Lipinski definition) is 5. The van der Waals surface area contributed by atoms with Crippen LogP contribution < -0.4 is 19.7 Å². The largest absolute Gasteiger partial charge is 0.497 e. The molecule has 0 unspecified atom stereocenters. The predicted octanol–water partition coefficient (Wildman–Crippen LogP) is 2.99. The molecule has 0 aliphatic carbocycles. The summed E-state index contributed by atoms with van der Waals surface area (Å²) in [5, 5.41) is 2.22. The zero-order chi connectivity index (χ0) is 20.4. The van der Waals surface area contributed by atoms with Crippen molar-refractivity contribution in [1.29, 1.82) is 0 Å². The number of carbonyl (C=O) groups is 3. The van der Waals surface area contributed by atoms with Gasteiger partial charge in [0, 0.05) is 5.56 Å². The third-order valence-electron chi connectivity index (χ3n) is 4.43. The fourth-order valence-corrected chi connectivity index (χ4v) is 3.04. The summed E-state index contributed by atoms with van der Waals surface area (Å²) in [7, 11) is 3.00. The van der Waals surface area contributed by atoms with Crippen LogP contribution in [-0.4, -0.2) is 32.1 Å². The highest BCUT2D eigenvalue weighted by Crippen LogP contribution is 2.29. The maximum absolute atomic E-state index is 13.0. The Morgan fingerprint density at radius 1 is 0.964 bits per heavy atom. The Hall–Kier alpha value is -3.61. The SMILES string of the molecule is COc1ccc(OC)c(C=C2C(=O)NC(=O)N(c3ccc(C)cc3C)C2=O)c1. The summed E-state index contributed by atoms with van der Waals surface area (Å²) in [5.74, 6) is -0.464. The van der Waals surface area contributed by atoms with Crippen LogP contribution in [0.25, 0.3) is 6.08 Å². The minimum Gasteiger partial charge on any atom is -0.497 e. The first-order valence-electron chi connectivity index (χ1n) is 8.56. The number of rotatable bonds is 4. The molecule has 1 heterocycles. The highest BCUT2D eigenvalue weighted by atomic mass is 16.5. The first kappa shape index (κ1) is 19.2. The molecule has 144 valence electrons. The average molecular weight is 380 g/mol. The third kappa shape index (κ3) is 3.46. The zero-order valence-corrected chi connectivity index (χ0v) is 16.0. The van der Waals surface area contributed by atoms with Gasteiger partial charge in [0.05, 0.1) is 19.9 Å². The quantitative estimate of drug-likeness (QED) is 0.651. The molecule has 2 aromatic carbocycles. The number of hydrogen-bond donors (Lipinski definition) is 1. The Bertz CT molecular complexity index is 1010. The number of benzene rings is 2. The highest BCUT2D eigenvalue weighted by molar-refractivity contribution is 6.39. The molecule has 1 aliphatic heterocycles. The number of imide groups is 2. The molecular weight excluding hydrogens is 360 g/mol. The van der Waals surface area contributed by atoms with Crippen molar-refractivity contribution in [2.45, 2.75) is 13.8 Å². The molecule has 0 spiro atoms. The van der Waals surface area contributed by atoms with Crippen LogP contribution in [0.2, 0.25) is 0 Å². The summed E-state index contributed by atoms with van der Waals surface area (Å²) in [4.78, 5) is 38.8. The van der Waals surface area contributed by atoms with Gasteiger partial charge >= 0.3 is 6.03 Å². The molecule has 28 heavy (non-hydrogen) atoms. The second-order valence-electron chi connectivity index (χ2n) is 6.36. The van der Waals surface area contributed by atoms with Crippen molar-refractivity contribution in [3.8, 4) is 11.5 Å². The minimum atomic E-state index is -0.781. The van der Waals surface area contributed by atoms with E-state index in [1.807, 2.05) is 13.0 Å². The number of nitrogens with zero attached hydrogens (tertiary/aromatic N) is 1. The molecule has 2 aromatic rings. The van der Waals surface area contributed by atoms with Crippen LogP contribution in [0.3, 0.4) is 0 Å². The van der Waals surface area contributed by atoms with Gasteiger partial charge in [0.25, 0.3) is 11.8 Å². The Kier molecular flexibility index (Phi) is 5.17. The molecule has 7 nitrogen and oxygen atoms in total. The van der Waals surface area contributed by atoms with Gasteiger partial charge in [-0.3, -0.25) is 14.9 Å². The molecule has 3 rings (SSSR count). The molecule has 0 aromatic heterocycles. The van der Waals surface area contributed by atoms with E-state index in [1.165, 1.54) is 20.3 Å². The Morgan fingerprint density at radius 2 is 1.71 bits per heavy atom. The van der Waals surface area contributed by atoms with E-state index in [1.54, 1.807) is 37.3 Å². The van der Waals surface area contributed by atoms with E-state index in [9.17, 15) is 14.4 Å². The Morgan fingerprint density at radius 3 is 2.36 bits per heavy atom. The van der Waals surface area contributed by atoms with Crippen molar-refractivity contribution in [3.63, 3.8) is 0 Å². The molecule has 4 amide bonds. The molecule has 0 saturated carbocycles.